The molecule has 0 atom stereocenters. The molecule has 0 radical (unpaired) electrons. The maximum absolute atomic E-state index is 12.9. The van der Waals surface area contributed by atoms with Gasteiger partial charge in [0.15, 0.2) is 0 Å². The largest absolute Gasteiger partial charge is 0.519 e. The van der Waals surface area contributed by atoms with Crippen LogP contribution in [0.2, 0.25) is 18.1 Å². The van der Waals surface area contributed by atoms with Crippen LogP contribution in [0.4, 0.5) is 10.1 Å². The molecule has 1 heterocycles. The zero-order valence-corrected chi connectivity index (χ0v) is 17.0. The van der Waals surface area contributed by atoms with Crippen molar-refractivity contribution < 1.29 is 18.0 Å². The summed E-state index contributed by atoms with van der Waals surface area (Å²) in [6.45, 7) is 11.0. The molecule has 2 rings (SSSR count). The molecule has 1 N–H and O–H groups in total. The van der Waals surface area contributed by atoms with E-state index in [0.29, 0.717) is 17.4 Å². The Kier molecular flexibility index (Phi) is 5.90. The molecular formula is C18H24FNO3SSi. The molecule has 0 amide bonds. The van der Waals surface area contributed by atoms with Crippen molar-refractivity contribution >= 4 is 31.4 Å². The van der Waals surface area contributed by atoms with Crippen LogP contribution in [0, 0.1) is 5.82 Å². The van der Waals surface area contributed by atoms with Gasteiger partial charge in [-0.05, 0) is 60.7 Å². The highest BCUT2D eigenvalue weighted by Gasteiger charge is 2.39. The summed E-state index contributed by atoms with van der Waals surface area (Å²) in [4.78, 5) is 0. The summed E-state index contributed by atoms with van der Waals surface area (Å²) in [7, 11) is -1.94. The maximum Gasteiger partial charge on any atom is 0.270 e. The van der Waals surface area contributed by atoms with Crippen LogP contribution in [-0.4, -0.2) is 13.5 Å². The van der Waals surface area contributed by atoms with E-state index >= 15 is 0 Å². The minimum absolute atomic E-state index is 0.0943. The van der Waals surface area contributed by atoms with Gasteiger partial charge in [-0.2, -0.15) is 0 Å². The van der Waals surface area contributed by atoms with E-state index in [0.717, 1.165) is 0 Å². The molecule has 0 spiro atoms. The molecule has 0 bridgehead atoms. The van der Waals surface area contributed by atoms with E-state index in [-0.39, 0.29) is 22.6 Å². The smallest absolute Gasteiger partial charge is 0.270 e. The number of rotatable bonds is 5. The van der Waals surface area contributed by atoms with Crippen LogP contribution >= 0.6 is 12.2 Å². The van der Waals surface area contributed by atoms with Crippen LogP contribution in [0.5, 0.6) is 5.95 Å². The lowest BCUT2D eigenvalue weighted by molar-refractivity contribution is 0.249. The number of nitrogens with one attached hydrogen (secondary N) is 1. The van der Waals surface area contributed by atoms with E-state index < -0.39 is 8.32 Å². The van der Waals surface area contributed by atoms with Gasteiger partial charge in [0.05, 0.1) is 0 Å². The van der Waals surface area contributed by atoms with E-state index in [1.165, 1.54) is 12.1 Å². The van der Waals surface area contributed by atoms with Gasteiger partial charge in [0.2, 0.25) is 0 Å². The Morgan fingerprint density at radius 3 is 2.40 bits per heavy atom. The Morgan fingerprint density at radius 2 is 1.80 bits per heavy atom. The first-order chi connectivity index (χ1) is 11.6. The van der Waals surface area contributed by atoms with Crippen LogP contribution in [0.1, 0.15) is 26.5 Å². The summed E-state index contributed by atoms with van der Waals surface area (Å²) in [5.74, 6) is 0.821. The second kappa shape index (κ2) is 7.57. The zero-order chi connectivity index (χ0) is 18.7. The normalized spacial score (nSPS) is 11.9. The van der Waals surface area contributed by atoms with Gasteiger partial charge in [0, 0.05) is 11.8 Å². The molecule has 7 heteroatoms. The van der Waals surface area contributed by atoms with Crippen molar-refractivity contribution in [2.45, 2.75) is 45.5 Å². The van der Waals surface area contributed by atoms with E-state index in [1.54, 1.807) is 18.2 Å². The Balaban J connectivity index is 1.87. The van der Waals surface area contributed by atoms with Gasteiger partial charge in [-0.25, -0.2) is 4.39 Å². The summed E-state index contributed by atoms with van der Waals surface area (Å²) in [6, 6.07) is 9.48. The Morgan fingerprint density at radius 1 is 1.16 bits per heavy atom. The summed E-state index contributed by atoms with van der Waals surface area (Å²) >= 11 is 5.12. The van der Waals surface area contributed by atoms with Crippen LogP contribution in [-0.2, 0) is 11.3 Å². The minimum Gasteiger partial charge on any atom is -0.519 e. The van der Waals surface area contributed by atoms with Crippen LogP contribution < -0.4 is 9.74 Å². The van der Waals surface area contributed by atoms with Crippen molar-refractivity contribution in [3.05, 3.63) is 48.0 Å². The van der Waals surface area contributed by atoms with Crippen LogP contribution in [0.3, 0.4) is 0 Å². The fraction of sp³-hybridized carbons (Fsp3) is 0.389. The van der Waals surface area contributed by atoms with Gasteiger partial charge < -0.3 is 18.9 Å². The molecule has 1 aromatic carbocycles. The topological polar surface area (TPSA) is 43.6 Å². The van der Waals surface area contributed by atoms with Crippen molar-refractivity contribution in [1.82, 2.24) is 0 Å². The molecule has 0 fully saturated rings. The highest BCUT2D eigenvalue weighted by atomic mass is 32.1. The summed E-state index contributed by atoms with van der Waals surface area (Å²) in [5.41, 5.74) is 0.660. The number of ether oxygens (including phenoxy) is 1. The molecule has 2 aromatic rings. The number of thiocarbonyl (C=S) groups is 1. The number of anilines is 1. The van der Waals surface area contributed by atoms with Gasteiger partial charge >= 0.3 is 0 Å². The predicted molar refractivity (Wildman–Crippen MR) is 104 cm³/mol. The van der Waals surface area contributed by atoms with Gasteiger partial charge in [0.1, 0.15) is 18.2 Å². The average molecular weight is 382 g/mol. The molecule has 0 aliphatic carbocycles. The third kappa shape index (κ3) is 5.57. The fourth-order valence-electron chi connectivity index (χ4n) is 1.72. The Hall–Kier alpha value is -1.86. The fourth-order valence-corrected chi connectivity index (χ4v) is 2.81. The monoisotopic (exact) mass is 381 g/mol. The highest BCUT2D eigenvalue weighted by molar-refractivity contribution is 7.80. The summed E-state index contributed by atoms with van der Waals surface area (Å²) in [5, 5.41) is 3.16. The Bertz CT molecular complexity index is 723. The van der Waals surface area contributed by atoms with Gasteiger partial charge in [-0.3, -0.25) is 0 Å². The lowest BCUT2D eigenvalue weighted by Crippen LogP contribution is -2.43. The molecule has 1 aromatic heterocycles. The minimum atomic E-state index is -1.94. The van der Waals surface area contributed by atoms with Crippen molar-refractivity contribution in [3.63, 3.8) is 0 Å². The molecule has 4 nitrogen and oxygen atoms in total. The number of hydrogen-bond acceptors (Lipinski definition) is 4. The standard InChI is InChI=1S/C18H24FNO3SSi/c1-18(2,3)25(4,5)23-16-11-10-15(22-16)12-21-17(24)20-14-8-6-13(19)7-9-14/h6-11H,12H2,1-5H3,(H,20,24). The lowest BCUT2D eigenvalue weighted by Gasteiger charge is -2.35. The Labute approximate surface area is 154 Å². The lowest BCUT2D eigenvalue weighted by atomic mass is 10.2. The van der Waals surface area contributed by atoms with Crippen molar-refractivity contribution in [1.29, 1.82) is 0 Å². The van der Waals surface area contributed by atoms with Gasteiger partial charge in [0.25, 0.3) is 19.4 Å². The molecule has 25 heavy (non-hydrogen) atoms. The van der Waals surface area contributed by atoms with Crippen molar-refractivity contribution in [2.75, 3.05) is 5.32 Å². The SMILES string of the molecule is CC(C)(C)[Si](C)(C)Oc1ccc(COC(=S)Nc2ccc(F)cc2)o1. The molecule has 0 saturated carbocycles. The van der Waals surface area contributed by atoms with Crippen molar-refractivity contribution in [3.8, 4) is 5.95 Å². The second-order valence-corrected chi connectivity index (χ2v) is 12.4. The molecule has 0 saturated heterocycles. The van der Waals surface area contributed by atoms with E-state index in [4.69, 9.17) is 25.8 Å². The first-order valence-electron chi connectivity index (χ1n) is 8.04. The average Bonchev–Trinajstić information content (AvgIpc) is 2.93. The van der Waals surface area contributed by atoms with E-state index in [2.05, 4.69) is 39.2 Å². The van der Waals surface area contributed by atoms with Crippen LogP contribution in [0.25, 0.3) is 0 Å². The number of benzene rings is 1. The zero-order valence-electron chi connectivity index (χ0n) is 15.2. The number of halogens is 1. The quantitative estimate of drug-likeness (QED) is 0.530. The highest BCUT2D eigenvalue weighted by Crippen LogP contribution is 2.37. The first kappa shape index (κ1) is 19.5. The molecular weight excluding hydrogens is 357 g/mol. The maximum atomic E-state index is 12.9. The van der Waals surface area contributed by atoms with Gasteiger partial charge in [-0.1, -0.05) is 20.8 Å². The number of furan rings is 1. The second-order valence-electron chi connectivity index (χ2n) is 7.29. The van der Waals surface area contributed by atoms with Crippen molar-refractivity contribution in [2.24, 2.45) is 0 Å². The summed E-state index contributed by atoms with van der Waals surface area (Å²) < 4.78 is 30.1. The first-order valence-corrected chi connectivity index (χ1v) is 11.4. The third-order valence-electron chi connectivity index (χ3n) is 4.24. The molecule has 0 aliphatic heterocycles. The van der Waals surface area contributed by atoms with Gasteiger partial charge in [-0.15, -0.1) is 0 Å². The van der Waals surface area contributed by atoms with Crippen LogP contribution in [0.15, 0.2) is 40.8 Å². The van der Waals surface area contributed by atoms with E-state index in [9.17, 15) is 4.39 Å². The summed E-state index contributed by atoms with van der Waals surface area (Å²) in [6.07, 6.45) is 0. The number of hydrogen-bond donors (Lipinski definition) is 1. The third-order valence-corrected chi connectivity index (χ3v) is 8.78. The molecule has 0 unspecified atom stereocenters. The predicted octanol–water partition coefficient (Wildman–Crippen LogP) is 5.72. The van der Waals surface area contributed by atoms with E-state index in [1.807, 2.05) is 6.07 Å². The molecule has 136 valence electrons. The molecule has 0 aliphatic rings.